The van der Waals surface area contributed by atoms with Crippen LogP contribution in [0.4, 0.5) is 11.4 Å². The zero-order valence-corrected chi connectivity index (χ0v) is 19.9. The van der Waals surface area contributed by atoms with Crippen LogP contribution in [0.3, 0.4) is 0 Å². The molecule has 0 saturated carbocycles. The summed E-state index contributed by atoms with van der Waals surface area (Å²) in [6, 6.07) is 21.7. The van der Waals surface area contributed by atoms with E-state index in [9.17, 15) is 5.26 Å². The Morgan fingerprint density at radius 1 is 1.00 bits per heavy atom. The predicted molar refractivity (Wildman–Crippen MR) is 135 cm³/mol. The fraction of sp³-hybridized carbons (Fsp3) is 0.259. The molecule has 0 amide bonds. The van der Waals surface area contributed by atoms with E-state index in [1.165, 1.54) is 0 Å². The van der Waals surface area contributed by atoms with Crippen LogP contribution in [0.25, 0.3) is 4.85 Å². The first-order valence-electron chi connectivity index (χ1n) is 11.2. The standard InChI is InChI=1S/C27H22Cl2N4O/c1-31-21-7-8-22-24(10-13-34-27(22)15-21)32-11-12-33(25-9-2-18(16-30)14-23(25)29)26(17-32)19-3-5-20(28)6-4-19/h2-9,14-15,24,26H,10-13,17H2/t24-,26-/m0/s1. The molecule has 34 heavy (non-hydrogen) atoms. The van der Waals surface area contributed by atoms with Crippen molar-refractivity contribution in [3.63, 3.8) is 0 Å². The Balaban J connectivity index is 1.49. The Hall–Kier alpha value is -3.22. The molecule has 170 valence electrons. The van der Waals surface area contributed by atoms with E-state index in [-0.39, 0.29) is 12.1 Å². The Bertz CT molecular complexity index is 1300. The summed E-state index contributed by atoms with van der Waals surface area (Å²) in [6.45, 7) is 10.4. The molecular weight excluding hydrogens is 467 g/mol. The summed E-state index contributed by atoms with van der Waals surface area (Å²) in [7, 11) is 0. The molecule has 0 spiro atoms. The molecule has 0 unspecified atom stereocenters. The van der Waals surface area contributed by atoms with Gasteiger partial charge in [-0.05, 0) is 42.0 Å². The lowest BCUT2D eigenvalue weighted by Gasteiger charge is -2.47. The molecule has 0 radical (unpaired) electrons. The van der Waals surface area contributed by atoms with Crippen LogP contribution in [0.1, 0.15) is 35.2 Å². The molecule has 5 rings (SSSR count). The fourth-order valence-electron chi connectivity index (χ4n) is 4.96. The van der Waals surface area contributed by atoms with Crippen LogP contribution < -0.4 is 9.64 Å². The lowest BCUT2D eigenvalue weighted by Crippen LogP contribution is -2.50. The summed E-state index contributed by atoms with van der Waals surface area (Å²) < 4.78 is 5.90. The van der Waals surface area contributed by atoms with Crippen LogP contribution in [0, 0.1) is 17.9 Å². The number of anilines is 1. The lowest BCUT2D eigenvalue weighted by atomic mass is 9.94. The number of benzene rings is 3. The Morgan fingerprint density at radius 2 is 1.82 bits per heavy atom. The van der Waals surface area contributed by atoms with Crippen LogP contribution in [0.5, 0.6) is 5.75 Å². The number of nitriles is 1. The molecule has 1 fully saturated rings. The van der Waals surface area contributed by atoms with Gasteiger partial charge in [0.1, 0.15) is 5.75 Å². The second kappa shape index (κ2) is 9.57. The first kappa shape index (κ1) is 22.6. The highest BCUT2D eigenvalue weighted by Gasteiger charge is 2.35. The summed E-state index contributed by atoms with van der Waals surface area (Å²) in [5, 5.41) is 10.5. The van der Waals surface area contributed by atoms with Crippen LogP contribution in [-0.2, 0) is 0 Å². The van der Waals surface area contributed by atoms with Gasteiger partial charge in [-0.2, -0.15) is 5.26 Å². The lowest BCUT2D eigenvalue weighted by molar-refractivity contribution is 0.117. The fourth-order valence-corrected chi connectivity index (χ4v) is 5.38. The molecular formula is C27H22Cl2N4O. The average molecular weight is 489 g/mol. The van der Waals surface area contributed by atoms with Crippen LogP contribution >= 0.6 is 23.2 Å². The predicted octanol–water partition coefficient (Wildman–Crippen LogP) is 6.80. The normalized spacial score (nSPS) is 20.1. The quantitative estimate of drug-likeness (QED) is 0.380. The van der Waals surface area contributed by atoms with Gasteiger partial charge in [-0.1, -0.05) is 47.5 Å². The molecule has 0 aliphatic carbocycles. The van der Waals surface area contributed by atoms with E-state index >= 15 is 0 Å². The van der Waals surface area contributed by atoms with Gasteiger partial charge in [0, 0.05) is 42.7 Å². The number of piperazine rings is 1. The van der Waals surface area contributed by atoms with Crippen LogP contribution in [0.2, 0.25) is 10.0 Å². The SMILES string of the molecule is [C-]#[N+]c1ccc2c(c1)OCC[C@@H]2N1CCN(c2ccc(C#N)cc2Cl)[C@H](c2ccc(Cl)cc2)C1. The van der Waals surface area contributed by atoms with E-state index in [2.05, 4.69) is 32.8 Å². The minimum atomic E-state index is 0.0604. The minimum Gasteiger partial charge on any atom is -0.494 e. The van der Waals surface area contributed by atoms with Gasteiger partial charge < -0.3 is 9.64 Å². The van der Waals surface area contributed by atoms with Gasteiger partial charge in [0.15, 0.2) is 5.69 Å². The van der Waals surface area contributed by atoms with Gasteiger partial charge in [0.25, 0.3) is 0 Å². The summed E-state index contributed by atoms with van der Waals surface area (Å²) in [5.74, 6) is 0.811. The molecule has 3 aromatic rings. The monoisotopic (exact) mass is 488 g/mol. The molecule has 2 aliphatic rings. The summed E-state index contributed by atoms with van der Waals surface area (Å²) in [5.41, 5.74) is 4.37. The van der Waals surface area contributed by atoms with Crippen molar-refractivity contribution >= 4 is 34.6 Å². The first-order valence-corrected chi connectivity index (χ1v) is 11.9. The number of hydrogen-bond donors (Lipinski definition) is 0. The van der Waals surface area contributed by atoms with E-state index < -0.39 is 0 Å². The summed E-state index contributed by atoms with van der Waals surface area (Å²) in [4.78, 5) is 8.38. The molecule has 3 aromatic carbocycles. The molecule has 0 bridgehead atoms. The highest BCUT2D eigenvalue weighted by Crippen LogP contribution is 2.42. The topological polar surface area (TPSA) is 43.9 Å². The van der Waals surface area contributed by atoms with Gasteiger partial charge in [-0.3, -0.25) is 4.90 Å². The van der Waals surface area contributed by atoms with Crippen LogP contribution in [0.15, 0.2) is 60.7 Å². The smallest absolute Gasteiger partial charge is 0.190 e. The zero-order valence-electron chi connectivity index (χ0n) is 18.4. The third-order valence-corrected chi connectivity index (χ3v) is 7.18. The van der Waals surface area contributed by atoms with Gasteiger partial charge in [-0.15, -0.1) is 0 Å². The van der Waals surface area contributed by atoms with Gasteiger partial charge in [0.2, 0.25) is 0 Å². The van der Waals surface area contributed by atoms with Crippen molar-refractivity contribution < 1.29 is 4.74 Å². The van der Waals surface area contributed by atoms with Crippen molar-refractivity contribution in [1.82, 2.24) is 4.90 Å². The van der Waals surface area contributed by atoms with E-state index in [0.29, 0.717) is 27.9 Å². The Morgan fingerprint density at radius 3 is 2.56 bits per heavy atom. The minimum absolute atomic E-state index is 0.0604. The highest BCUT2D eigenvalue weighted by molar-refractivity contribution is 6.33. The van der Waals surface area contributed by atoms with Crippen molar-refractivity contribution in [2.24, 2.45) is 0 Å². The number of nitrogens with zero attached hydrogens (tertiary/aromatic N) is 4. The second-order valence-corrected chi connectivity index (χ2v) is 9.36. The number of hydrogen-bond acceptors (Lipinski definition) is 4. The third kappa shape index (κ3) is 4.31. The summed E-state index contributed by atoms with van der Waals surface area (Å²) in [6.07, 6.45) is 0.898. The van der Waals surface area contributed by atoms with Crippen molar-refractivity contribution in [2.75, 3.05) is 31.1 Å². The van der Waals surface area contributed by atoms with Crippen molar-refractivity contribution in [1.29, 1.82) is 5.26 Å². The first-order chi connectivity index (χ1) is 16.6. The third-order valence-electron chi connectivity index (χ3n) is 6.63. The maximum absolute atomic E-state index is 9.24. The number of rotatable bonds is 3. The molecule has 5 nitrogen and oxygen atoms in total. The molecule has 0 aromatic heterocycles. The van der Waals surface area contributed by atoms with E-state index in [0.717, 1.165) is 48.6 Å². The Labute approximate surface area is 209 Å². The largest absolute Gasteiger partial charge is 0.494 e. The second-order valence-electron chi connectivity index (χ2n) is 8.52. The molecule has 7 heteroatoms. The maximum Gasteiger partial charge on any atom is 0.190 e. The van der Waals surface area contributed by atoms with Gasteiger partial charge in [0.05, 0.1) is 41.6 Å². The van der Waals surface area contributed by atoms with Gasteiger partial charge in [-0.25, -0.2) is 4.85 Å². The van der Waals surface area contributed by atoms with Crippen molar-refractivity contribution in [3.8, 4) is 11.8 Å². The number of halogens is 2. The van der Waals surface area contributed by atoms with Gasteiger partial charge >= 0.3 is 0 Å². The molecule has 2 aliphatic heterocycles. The molecule has 2 heterocycles. The molecule has 1 saturated heterocycles. The molecule has 0 N–H and O–H groups in total. The van der Waals surface area contributed by atoms with E-state index in [1.54, 1.807) is 6.07 Å². The Kier molecular flexibility index (Phi) is 6.35. The number of ether oxygens (including phenoxy) is 1. The average Bonchev–Trinajstić information content (AvgIpc) is 2.88. The summed E-state index contributed by atoms with van der Waals surface area (Å²) >= 11 is 12.8. The van der Waals surface area contributed by atoms with Crippen molar-refractivity contribution in [2.45, 2.75) is 18.5 Å². The van der Waals surface area contributed by atoms with E-state index in [4.69, 9.17) is 34.5 Å². The number of fused-ring (bicyclic) bond motifs is 1. The van der Waals surface area contributed by atoms with Crippen LogP contribution in [-0.4, -0.2) is 31.1 Å². The zero-order chi connectivity index (χ0) is 23.7. The highest BCUT2D eigenvalue weighted by atomic mass is 35.5. The van der Waals surface area contributed by atoms with E-state index in [1.807, 2.05) is 42.5 Å². The maximum atomic E-state index is 9.24. The van der Waals surface area contributed by atoms with Crippen molar-refractivity contribution in [3.05, 3.63) is 98.8 Å². The molecule has 2 atom stereocenters.